The quantitative estimate of drug-likeness (QED) is 0.346. The molecule has 0 atom stereocenters. The maximum absolute atomic E-state index is 8.14. The SMILES string of the molecule is N#C[CH-]c1cccs1.[Li+]. The van der Waals surface area contributed by atoms with Crippen molar-refractivity contribution >= 4 is 11.3 Å². The van der Waals surface area contributed by atoms with Crippen molar-refractivity contribution in [2.24, 2.45) is 0 Å². The van der Waals surface area contributed by atoms with Gasteiger partial charge in [0, 0.05) is 0 Å². The zero-order chi connectivity index (χ0) is 5.82. The van der Waals surface area contributed by atoms with Crippen LogP contribution in [-0.2, 0) is 0 Å². The largest absolute Gasteiger partial charge is 1.00 e. The number of nitriles is 1. The van der Waals surface area contributed by atoms with Crippen LogP contribution in [0.1, 0.15) is 4.88 Å². The van der Waals surface area contributed by atoms with Crippen LogP contribution in [0.25, 0.3) is 0 Å². The fourth-order valence-corrected chi connectivity index (χ4v) is 1.03. The van der Waals surface area contributed by atoms with Gasteiger partial charge in [0.15, 0.2) is 0 Å². The van der Waals surface area contributed by atoms with E-state index in [1.807, 2.05) is 23.6 Å². The normalized spacial score (nSPS) is 7.00. The van der Waals surface area contributed by atoms with Crippen molar-refractivity contribution in [2.45, 2.75) is 0 Å². The molecule has 1 aromatic rings. The summed E-state index contributed by atoms with van der Waals surface area (Å²) in [5.74, 6) is 0. The van der Waals surface area contributed by atoms with Gasteiger partial charge in [-0.05, 0) is 11.4 Å². The Kier molecular flexibility index (Phi) is 4.36. The van der Waals surface area contributed by atoms with Gasteiger partial charge in [0.2, 0.25) is 0 Å². The molecule has 0 saturated heterocycles. The third-order valence-corrected chi connectivity index (χ3v) is 1.57. The number of nitrogens with zero attached hydrogens (tertiary/aromatic N) is 1. The van der Waals surface area contributed by atoms with Crippen LogP contribution in [0.4, 0.5) is 0 Å². The Morgan fingerprint density at radius 1 is 1.67 bits per heavy atom. The van der Waals surface area contributed by atoms with Gasteiger partial charge in [0.25, 0.3) is 0 Å². The minimum Gasteiger partial charge on any atom is -0.215 e. The Labute approximate surface area is 70.5 Å². The van der Waals surface area contributed by atoms with E-state index < -0.39 is 0 Å². The first-order chi connectivity index (χ1) is 3.93. The summed E-state index contributed by atoms with van der Waals surface area (Å²) in [7, 11) is 0. The molecule has 0 saturated carbocycles. The molecule has 0 bridgehead atoms. The van der Waals surface area contributed by atoms with Gasteiger partial charge in [-0.25, -0.2) is 5.26 Å². The third-order valence-electron chi connectivity index (χ3n) is 0.750. The van der Waals surface area contributed by atoms with E-state index in [4.69, 9.17) is 5.26 Å². The van der Waals surface area contributed by atoms with E-state index in [9.17, 15) is 0 Å². The first-order valence-electron chi connectivity index (χ1n) is 2.20. The maximum Gasteiger partial charge on any atom is 1.00 e. The molecule has 0 aliphatic carbocycles. The van der Waals surface area contributed by atoms with Gasteiger partial charge in [-0.1, -0.05) is 0 Å². The van der Waals surface area contributed by atoms with E-state index in [-0.39, 0.29) is 18.9 Å². The zero-order valence-corrected chi connectivity index (χ0v) is 5.98. The first kappa shape index (κ1) is 8.66. The second kappa shape index (κ2) is 4.53. The fourth-order valence-electron chi connectivity index (χ4n) is 0.437. The van der Waals surface area contributed by atoms with E-state index in [2.05, 4.69) is 0 Å². The Bertz CT molecular complexity index is 187. The zero-order valence-electron chi connectivity index (χ0n) is 5.16. The van der Waals surface area contributed by atoms with Gasteiger partial charge >= 0.3 is 18.9 Å². The average Bonchev–Trinajstić information content (AvgIpc) is 2.19. The smallest absolute Gasteiger partial charge is 0.215 e. The summed E-state index contributed by atoms with van der Waals surface area (Å²) in [5, 5.41) is 10.1. The minimum absolute atomic E-state index is 0. The van der Waals surface area contributed by atoms with Crippen LogP contribution < -0.4 is 18.9 Å². The van der Waals surface area contributed by atoms with Crippen molar-refractivity contribution < 1.29 is 18.9 Å². The molecule has 0 aliphatic heterocycles. The molecule has 0 aromatic carbocycles. The summed E-state index contributed by atoms with van der Waals surface area (Å²) in [6.07, 6.45) is 1.53. The fraction of sp³-hybridized carbons (Fsp3) is 0. The molecule has 1 rings (SSSR count). The molecule has 0 spiro atoms. The Balaban J connectivity index is 0.000000640. The molecule has 0 N–H and O–H groups in total. The Morgan fingerprint density at radius 3 is 2.89 bits per heavy atom. The van der Waals surface area contributed by atoms with Crippen LogP contribution >= 0.6 is 11.3 Å². The van der Waals surface area contributed by atoms with Crippen molar-refractivity contribution in [3.8, 4) is 6.07 Å². The summed E-state index contributed by atoms with van der Waals surface area (Å²) in [6.45, 7) is 0. The monoisotopic (exact) mass is 129 g/mol. The van der Waals surface area contributed by atoms with Crippen LogP contribution in [0.5, 0.6) is 0 Å². The van der Waals surface area contributed by atoms with Gasteiger partial charge in [0.1, 0.15) is 0 Å². The van der Waals surface area contributed by atoms with Gasteiger partial charge in [-0.3, -0.25) is 0 Å². The molecule has 1 heterocycles. The van der Waals surface area contributed by atoms with Gasteiger partial charge < -0.3 is 0 Å². The number of hydrogen-bond acceptors (Lipinski definition) is 2. The first-order valence-corrected chi connectivity index (χ1v) is 3.08. The number of thiophene rings is 1. The predicted molar refractivity (Wildman–Crippen MR) is 33.3 cm³/mol. The van der Waals surface area contributed by atoms with Crippen LogP contribution in [0.2, 0.25) is 0 Å². The summed E-state index contributed by atoms with van der Waals surface area (Å²) < 4.78 is 0. The van der Waals surface area contributed by atoms with Crippen LogP contribution in [0.15, 0.2) is 17.5 Å². The van der Waals surface area contributed by atoms with E-state index in [1.54, 1.807) is 11.3 Å². The maximum atomic E-state index is 8.14. The molecule has 0 fully saturated rings. The molecular formula is C6H4LiNS. The van der Waals surface area contributed by atoms with Gasteiger partial charge in [-0.2, -0.15) is 17.4 Å². The van der Waals surface area contributed by atoms with Gasteiger partial charge in [0.05, 0.1) is 0 Å². The predicted octanol–water partition coefficient (Wildman–Crippen LogP) is -1.17. The number of rotatable bonds is 1. The van der Waals surface area contributed by atoms with Crippen LogP contribution in [0.3, 0.4) is 0 Å². The third kappa shape index (κ3) is 2.63. The minimum atomic E-state index is 0. The summed E-state index contributed by atoms with van der Waals surface area (Å²) in [4.78, 5) is 1.02. The average molecular weight is 129 g/mol. The van der Waals surface area contributed by atoms with Crippen molar-refractivity contribution in [3.63, 3.8) is 0 Å². The Hall–Kier alpha value is -0.343. The van der Waals surface area contributed by atoms with Crippen molar-refractivity contribution in [1.29, 1.82) is 5.26 Å². The summed E-state index contributed by atoms with van der Waals surface area (Å²) in [5.41, 5.74) is 0. The van der Waals surface area contributed by atoms with E-state index >= 15 is 0 Å². The summed E-state index contributed by atoms with van der Waals surface area (Å²) in [6, 6.07) is 5.79. The molecule has 0 radical (unpaired) electrons. The molecule has 1 nitrogen and oxygen atoms in total. The molecule has 0 unspecified atom stereocenters. The van der Waals surface area contributed by atoms with E-state index in [0.29, 0.717) is 0 Å². The van der Waals surface area contributed by atoms with Crippen LogP contribution in [0, 0.1) is 17.8 Å². The molecule has 40 valence electrons. The second-order valence-corrected chi connectivity index (χ2v) is 2.27. The van der Waals surface area contributed by atoms with Gasteiger partial charge in [-0.15, -0.1) is 17.4 Å². The second-order valence-electron chi connectivity index (χ2n) is 1.29. The molecule has 1 aromatic heterocycles. The standard InChI is InChI=1S/C6H4NS.Li/c7-4-3-6-2-1-5-8-6;/h1-3,5H;/q-1;+1. The Morgan fingerprint density at radius 2 is 2.44 bits per heavy atom. The number of hydrogen-bond donors (Lipinski definition) is 0. The van der Waals surface area contributed by atoms with Crippen molar-refractivity contribution in [1.82, 2.24) is 0 Å². The van der Waals surface area contributed by atoms with E-state index in [1.165, 1.54) is 6.42 Å². The molecular weight excluding hydrogens is 125 g/mol. The topological polar surface area (TPSA) is 23.8 Å². The van der Waals surface area contributed by atoms with Crippen LogP contribution in [-0.4, -0.2) is 0 Å². The molecule has 9 heavy (non-hydrogen) atoms. The molecule has 0 aliphatic rings. The summed E-state index contributed by atoms with van der Waals surface area (Å²) >= 11 is 1.57. The van der Waals surface area contributed by atoms with E-state index in [0.717, 1.165) is 4.88 Å². The van der Waals surface area contributed by atoms with Crippen molar-refractivity contribution in [3.05, 3.63) is 28.8 Å². The van der Waals surface area contributed by atoms with Crippen molar-refractivity contribution in [2.75, 3.05) is 0 Å². The molecule has 0 amide bonds. The molecule has 3 heteroatoms.